The second kappa shape index (κ2) is 10.7. The van der Waals surface area contributed by atoms with E-state index in [1.54, 1.807) is 0 Å². The number of nitrogens with zero attached hydrogens (tertiary/aromatic N) is 3. The number of aromatic nitrogens is 2. The van der Waals surface area contributed by atoms with E-state index in [0.29, 0.717) is 6.42 Å². The number of piperidine rings is 1. The van der Waals surface area contributed by atoms with Crippen molar-refractivity contribution < 1.29 is 18.0 Å². The van der Waals surface area contributed by atoms with Crippen molar-refractivity contribution in [2.24, 2.45) is 5.92 Å². The number of alkyl halides is 3. The number of hydrogen-bond acceptors (Lipinski definition) is 4. The number of anilines is 1. The molecule has 2 aromatic carbocycles. The zero-order valence-corrected chi connectivity index (χ0v) is 21.0. The van der Waals surface area contributed by atoms with Gasteiger partial charge in [0.25, 0.3) is 0 Å². The molecule has 1 saturated heterocycles. The van der Waals surface area contributed by atoms with E-state index in [1.165, 1.54) is 11.8 Å². The highest BCUT2D eigenvalue weighted by Crippen LogP contribution is 2.44. The lowest BCUT2D eigenvalue weighted by atomic mass is 9.89. The summed E-state index contributed by atoms with van der Waals surface area (Å²) in [6.07, 6.45) is -0.337. The first kappa shape index (κ1) is 25.5. The average Bonchev–Trinajstić information content (AvgIpc) is 3.33. The lowest BCUT2D eigenvalue weighted by Gasteiger charge is -2.34. The molecule has 1 N–H and O–H groups in total. The molecule has 2 aliphatic rings. The van der Waals surface area contributed by atoms with Crippen molar-refractivity contribution in [3.63, 3.8) is 0 Å². The van der Waals surface area contributed by atoms with Crippen molar-refractivity contribution in [3.8, 4) is 0 Å². The Hall–Kier alpha value is -3.13. The number of likely N-dealkylation sites (tertiary alicyclic amines) is 1. The Labute approximate surface area is 215 Å². The molecule has 5 rings (SSSR count). The zero-order chi connectivity index (χ0) is 26.0. The molecule has 0 amide bonds. The van der Waals surface area contributed by atoms with Crippen LogP contribution in [0.15, 0.2) is 60.8 Å². The fourth-order valence-corrected chi connectivity index (χ4v) is 5.53. The lowest BCUT2D eigenvalue weighted by Crippen LogP contribution is -2.36. The summed E-state index contributed by atoms with van der Waals surface area (Å²) < 4.78 is 43.0. The van der Waals surface area contributed by atoms with Gasteiger partial charge in [-0.1, -0.05) is 61.5 Å². The Morgan fingerprint density at radius 1 is 1.03 bits per heavy atom. The van der Waals surface area contributed by atoms with E-state index in [-0.39, 0.29) is 29.5 Å². The maximum atomic E-state index is 14.0. The van der Waals surface area contributed by atoms with Crippen LogP contribution in [0.4, 0.5) is 19.0 Å². The van der Waals surface area contributed by atoms with Crippen LogP contribution in [0.25, 0.3) is 0 Å². The molecule has 1 aromatic heterocycles. The minimum atomic E-state index is -4.46. The number of Topliss-reactive ketones (excluding diaryl/α,β-unsaturated/α-hetero) is 1. The van der Waals surface area contributed by atoms with Crippen molar-refractivity contribution in [1.82, 2.24) is 14.7 Å². The van der Waals surface area contributed by atoms with Gasteiger partial charge >= 0.3 is 6.18 Å². The highest BCUT2D eigenvalue weighted by Gasteiger charge is 2.47. The van der Waals surface area contributed by atoms with Crippen LogP contribution in [0.3, 0.4) is 0 Å². The number of benzene rings is 2. The largest absolute Gasteiger partial charge is 0.410 e. The highest BCUT2D eigenvalue weighted by atomic mass is 19.4. The summed E-state index contributed by atoms with van der Waals surface area (Å²) in [6.45, 7) is 4.74. The van der Waals surface area contributed by atoms with E-state index in [4.69, 9.17) is 0 Å². The Morgan fingerprint density at radius 3 is 2.38 bits per heavy atom. The molecule has 0 aliphatic carbocycles. The maximum Gasteiger partial charge on any atom is 0.410 e. The number of fused-ring (bicyclic) bond motifs is 1. The Bertz CT molecular complexity index is 1200. The van der Waals surface area contributed by atoms with Crippen LogP contribution in [-0.4, -0.2) is 39.7 Å². The molecule has 3 heterocycles. The summed E-state index contributed by atoms with van der Waals surface area (Å²) in [5.74, 6) is 0.261. The minimum Gasteiger partial charge on any atom is -0.363 e. The standard InChI is InChI=1S/C29H33F3N4O/c1-2-20-8-10-23(11-9-20)25-17-27(29(30,31)32)36-28(34-25)24(18-33-36)26(37)16-21-12-14-35(15-13-21)19-22-6-4-3-5-7-22/h3-11,18,21,25,27,34H,2,12-17,19H2,1H3. The highest BCUT2D eigenvalue weighted by molar-refractivity contribution is 6.00. The van der Waals surface area contributed by atoms with Gasteiger partial charge in [0.05, 0.1) is 17.8 Å². The van der Waals surface area contributed by atoms with Gasteiger partial charge in [-0.15, -0.1) is 0 Å². The summed E-state index contributed by atoms with van der Waals surface area (Å²) in [5, 5.41) is 7.26. The van der Waals surface area contributed by atoms with Gasteiger partial charge in [-0.05, 0) is 55.0 Å². The second-order valence-corrected chi connectivity index (χ2v) is 10.3. The van der Waals surface area contributed by atoms with Crippen LogP contribution in [0, 0.1) is 5.92 Å². The first-order valence-corrected chi connectivity index (χ1v) is 13.1. The quantitative estimate of drug-likeness (QED) is 0.364. The van der Waals surface area contributed by atoms with Gasteiger partial charge in [-0.2, -0.15) is 18.3 Å². The zero-order valence-electron chi connectivity index (χ0n) is 21.0. The molecule has 2 aliphatic heterocycles. The maximum absolute atomic E-state index is 14.0. The molecule has 0 saturated carbocycles. The molecule has 0 bridgehead atoms. The SMILES string of the molecule is CCc1ccc(C2CC(C(F)(F)F)n3ncc(C(=O)CC4CCN(Cc5ccccc5)CC4)c3N2)cc1. The van der Waals surface area contributed by atoms with E-state index < -0.39 is 18.3 Å². The molecule has 5 nitrogen and oxygen atoms in total. The smallest absolute Gasteiger partial charge is 0.363 e. The first-order valence-electron chi connectivity index (χ1n) is 13.1. The monoisotopic (exact) mass is 510 g/mol. The van der Waals surface area contributed by atoms with E-state index >= 15 is 0 Å². The third-order valence-corrected chi connectivity index (χ3v) is 7.76. The summed E-state index contributed by atoms with van der Waals surface area (Å²) >= 11 is 0. The first-order chi connectivity index (χ1) is 17.8. The normalized spacial score (nSPS) is 20.9. The molecule has 3 aromatic rings. The number of nitrogens with one attached hydrogen (secondary N) is 1. The summed E-state index contributed by atoms with van der Waals surface area (Å²) in [7, 11) is 0. The second-order valence-electron chi connectivity index (χ2n) is 10.3. The van der Waals surface area contributed by atoms with E-state index in [0.717, 1.165) is 54.7 Å². The van der Waals surface area contributed by atoms with Gasteiger partial charge in [0.15, 0.2) is 11.8 Å². The van der Waals surface area contributed by atoms with E-state index in [9.17, 15) is 18.0 Å². The number of carbonyl (C=O) groups is 1. The van der Waals surface area contributed by atoms with Crippen molar-refractivity contribution in [2.45, 2.75) is 63.8 Å². The van der Waals surface area contributed by atoms with E-state index in [1.807, 2.05) is 49.4 Å². The summed E-state index contributed by atoms with van der Waals surface area (Å²) in [5.41, 5.74) is 3.44. The Kier molecular flexibility index (Phi) is 7.38. The van der Waals surface area contributed by atoms with Gasteiger partial charge in [0.2, 0.25) is 0 Å². The average molecular weight is 511 g/mol. The lowest BCUT2D eigenvalue weighted by molar-refractivity contribution is -0.173. The summed E-state index contributed by atoms with van der Waals surface area (Å²) in [6, 6.07) is 15.6. The van der Waals surface area contributed by atoms with Crippen LogP contribution in [0.1, 0.15) is 71.7 Å². The fourth-order valence-electron chi connectivity index (χ4n) is 5.53. The van der Waals surface area contributed by atoms with Crippen LogP contribution in [0.2, 0.25) is 0 Å². The van der Waals surface area contributed by atoms with Gasteiger partial charge in [0.1, 0.15) is 5.82 Å². The van der Waals surface area contributed by atoms with Gasteiger partial charge in [-0.25, -0.2) is 4.68 Å². The predicted molar refractivity (Wildman–Crippen MR) is 138 cm³/mol. The molecule has 1 fully saturated rings. The fraction of sp³-hybridized carbons (Fsp3) is 0.448. The van der Waals surface area contributed by atoms with Gasteiger partial charge in [0, 0.05) is 19.4 Å². The molecular formula is C29H33F3N4O. The third kappa shape index (κ3) is 5.74. The van der Waals surface area contributed by atoms with Crippen LogP contribution < -0.4 is 5.32 Å². The molecular weight excluding hydrogens is 477 g/mol. The van der Waals surface area contributed by atoms with Crippen molar-refractivity contribution in [1.29, 1.82) is 0 Å². The number of carbonyl (C=O) groups excluding carboxylic acids is 1. The summed E-state index contributed by atoms with van der Waals surface area (Å²) in [4.78, 5) is 15.7. The number of aryl methyl sites for hydroxylation is 1. The molecule has 196 valence electrons. The van der Waals surface area contributed by atoms with Crippen LogP contribution in [0.5, 0.6) is 0 Å². The minimum absolute atomic E-state index is 0.141. The van der Waals surface area contributed by atoms with Crippen LogP contribution in [-0.2, 0) is 13.0 Å². The third-order valence-electron chi connectivity index (χ3n) is 7.76. The Morgan fingerprint density at radius 2 is 1.73 bits per heavy atom. The number of hydrogen-bond donors (Lipinski definition) is 1. The molecule has 0 radical (unpaired) electrons. The number of ketones is 1. The topological polar surface area (TPSA) is 50.2 Å². The molecule has 8 heteroatoms. The van der Waals surface area contributed by atoms with Gasteiger partial charge < -0.3 is 5.32 Å². The predicted octanol–water partition coefficient (Wildman–Crippen LogP) is 6.59. The molecule has 2 unspecified atom stereocenters. The molecule has 2 atom stereocenters. The number of halogens is 3. The van der Waals surface area contributed by atoms with Crippen molar-refractivity contribution in [2.75, 3.05) is 18.4 Å². The van der Waals surface area contributed by atoms with Crippen LogP contribution >= 0.6 is 0 Å². The molecule has 0 spiro atoms. The van der Waals surface area contributed by atoms with E-state index in [2.05, 4.69) is 27.4 Å². The molecule has 37 heavy (non-hydrogen) atoms. The van der Waals surface area contributed by atoms with Crippen molar-refractivity contribution >= 4 is 11.6 Å². The van der Waals surface area contributed by atoms with Crippen molar-refractivity contribution in [3.05, 3.63) is 83.0 Å². The Balaban J connectivity index is 1.28. The number of rotatable bonds is 7. The van der Waals surface area contributed by atoms with Gasteiger partial charge in [-0.3, -0.25) is 9.69 Å².